The van der Waals surface area contributed by atoms with E-state index in [1.807, 2.05) is 0 Å². The molecule has 0 aliphatic carbocycles. The Bertz CT molecular complexity index is 1700. The number of rotatable bonds is 81. The van der Waals surface area contributed by atoms with E-state index in [4.69, 9.17) is 24.3 Å². The van der Waals surface area contributed by atoms with Gasteiger partial charge >= 0.3 is 19.8 Å². The van der Waals surface area contributed by atoms with Crippen LogP contribution < -0.4 is 5.73 Å². The molecule has 95 heavy (non-hydrogen) atoms. The van der Waals surface area contributed by atoms with E-state index in [1.54, 1.807) is 0 Å². The van der Waals surface area contributed by atoms with Crippen LogP contribution in [0.4, 0.5) is 0 Å². The smallest absolute Gasteiger partial charge is 0.462 e. The molecule has 0 aromatic heterocycles. The molecular weight excluding hydrogens is 1190 g/mol. The number of esters is 2. The molecular formula is C85H162NO8P. The second-order valence-electron chi connectivity index (χ2n) is 28.7. The summed E-state index contributed by atoms with van der Waals surface area (Å²) in [5, 5.41) is 0. The number of allylic oxidation sites excluding steroid dienone is 8. The minimum absolute atomic E-state index is 0.0563. The number of unbranched alkanes of at least 4 members (excludes halogenated alkanes) is 60. The van der Waals surface area contributed by atoms with E-state index in [-0.39, 0.29) is 38.6 Å². The van der Waals surface area contributed by atoms with Crippen LogP contribution in [0.3, 0.4) is 0 Å². The van der Waals surface area contributed by atoms with Crippen molar-refractivity contribution in [2.45, 2.75) is 457 Å². The van der Waals surface area contributed by atoms with Crippen molar-refractivity contribution in [2.24, 2.45) is 5.73 Å². The summed E-state index contributed by atoms with van der Waals surface area (Å²) in [5.74, 6) is -0.800. The predicted molar refractivity (Wildman–Crippen MR) is 413 cm³/mol. The highest BCUT2D eigenvalue weighted by atomic mass is 31.2. The van der Waals surface area contributed by atoms with Gasteiger partial charge in [-0.15, -0.1) is 0 Å². The molecule has 0 saturated heterocycles. The van der Waals surface area contributed by atoms with Crippen LogP contribution in [0.5, 0.6) is 0 Å². The number of ether oxygens (including phenoxy) is 2. The fraction of sp³-hybridized carbons (Fsp3) is 0.882. The molecule has 0 radical (unpaired) electrons. The summed E-state index contributed by atoms with van der Waals surface area (Å²) in [6.07, 6.45) is 106. The lowest BCUT2D eigenvalue weighted by atomic mass is 10.0. The van der Waals surface area contributed by atoms with E-state index < -0.39 is 26.5 Å². The largest absolute Gasteiger partial charge is 0.472 e. The van der Waals surface area contributed by atoms with Crippen molar-refractivity contribution in [3.8, 4) is 0 Å². The molecule has 0 aliphatic rings. The SMILES string of the molecule is CCCCCCC/C=C\C/C=C\C/C=C\CCCCCCCCCCCCCCCCCCCCCCCCCCC(=O)OC(COC(=O)CCCCCCCCCCCCCCCCCCCCCCCCC/C=C\CCCCCCCCCC)COP(=O)(O)OCCN. The van der Waals surface area contributed by atoms with Crippen LogP contribution in [0, 0.1) is 0 Å². The molecule has 2 unspecified atom stereocenters. The van der Waals surface area contributed by atoms with Gasteiger partial charge in [0.2, 0.25) is 0 Å². The Balaban J connectivity index is 3.73. The second kappa shape index (κ2) is 80.9. The average Bonchev–Trinajstić information content (AvgIpc) is 3.16. The van der Waals surface area contributed by atoms with Gasteiger partial charge in [0.25, 0.3) is 0 Å². The normalized spacial score (nSPS) is 13.0. The van der Waals surface area contributed by atoms with Crippen LogP contribution in [-0.2, 0) is 32.7 Å². The van der Waals surface area contributed by atoms with Crippen LogP contribution in [0.2, 0.25) is 0 Å². The van der Waals surface area contributed by atoms with E-state index in [9.17, 15) is 19.0 Å². The van der Waals surface area contributed by atoms with Gasteiger partial charge in [0.05, 0.1) is 13.2 Å². The number of phosphoric acid groups is 1. The molecule has 9 nitrogen and oxygen atoms in total. The fourth-order valence-corrected chi connectivity index (χ4v) is 13.7. The molecule has 0 fully saturated rings. The molecule has 0 aliphatic heterocycles. The van der Waals surface area contributed by atoms with Gasteiger partial charge in [-0.25, -0.2) is 4.57 Å². The molecule has 0 amide bonds. The lowest BCUT2D eigenvalue weighted by Gasteiger charge is -2.19. The van der Waals surface area contributed by atoms with Gasteiger partial charge in [-0.1, -0.05) is 409 Å². The van der Waals surface area contributed by atoms with Gasteiger partial charge in [0.1, 0.15) is 6.61 Å². The Hall–Kier alpha value is -2.03. The molecule has 2 atom stereocenters. The highest BCUT2D eigenvalue weighted by Gasteiger charge is 2.26. The number of carbonyl (C=O) groups is 2. The topological polar surface area (TPSA) is 134 Å². The maximum Gasteiger partial charge on any atom is 0.472 e. The zero-order chi connectivity index (χ0) is 68.6. The van der Waals surface area contributed by atoms with E-state index >= 15 is 0 Å². The molecule has 3 N–H and O–H groups in total. The van der Waals surface area contributed by atoms with E-state index in [0.717, 1.165) is 44.9 Å². The second-order valence-corrected chi connectivity index (χ2v) is 30.2. The van der Waals surface area contributed by atoms with Crippen molar-refractivity contribution in [3.63, 3.8) is 0 Å². The molecule has 560 valence electrons. The molecule has 0 heterocycles. The van der Waals surface area contributed by atoms with Crippen molar-refractivity contribution in [2.75, 3.05) is 26.4 Å². The summed E-state index contributed by atoms with van der Waals surface area (Å²) < 4.78 is 33.3. The maximum atomic E-state index is 12.8. The number of nitrogens with two attached hydrogens (primary N) is 1. The Labute approximate surface area is 591 Å². The molecule has 10 heteroatoms. The van der Waals surface area contributed by atoms with Crippen LogP contribution in [0.1, 0.15) is 450 Å². The van der Waals surface area contributed by atoms with Crippen LogP contribution in [-0.4, -0.2) is 49.3 Å². The van der Waals surface area contributed by atoms with Gasteiger partial charge in [-0.2, -0.15) is 0 Å². The predicted octanol–water partition coefficient (Wildman–Crippen LogP) is 28.3. The first-order valence-corrected chi connectivity index (χ1v) is 43.6. The average molecular weight is 1360 g/mol. The minimum Gasteiger partial charge on any atom is -0.462 e. The van der Waals surface area contributed by atoms with Gasteiger partial charge in [0, 0.05) is 19.4 Å². The third-order valence-electron chi connectivity index (χ3n) is 19.2. The van der Waals surface area contributed by atoms with Crippen molar-refractivity contribution in [3.05, 3.63) is 48.6 Å². The number of hydrogen-bond donors (Lipinski definition) is 2. The van der Waals surface area contributed by atoms with Gasteiger partial charge < -0.3 is 20.1 Å². The van der Waals surface area contributed by atoms with Gasteiger partial charge in [0.15, 0.2) is 6.10 Å². The highest BCUT2D eigenvalue weighted by Crippen LogP contribution is 2.43. The Morgan fingerprint density at radius 2 is 0.547 bits per heavy atom. The number of hydrogen-bond acceptors (Lipinski definition) is 8. The maximum absolute atomic E-state index is 12.8. The quantitative estimate of drug-likeness (QED) is 0.0264. The summed E-state index contributed by atoms with van der Waals surface area (Å²) in [6.45, 7) is 3.82. The monoisotopic (exact) mass is 1360 g/mol. The fourth-order valence-electron chi connectivity index (χ4n) is 12.9. The molecule has 0 aromatic rings. The summed E-state index contributed by atoms with van der Waals surface area (Å²) in [6, 6.07) is 0. The van der Waals surface area contributed by atoms with E-state index in [1.165, 1.54) is 372 Å². The van der Waals surface area contributed by atoms with Crippen LogP contribution in [0.15, 0.2) is 48.6 Å². The van der Waals surface area contributed by atoms with Crippen molar-refractivity contribution < 1.29 is 37.6 Å². The zero-order valence-corrected chi connectivity index (χ0v) is 64.3. The van der Waals surface area contributed by atoms with Crippen molar-refractivity contribution in [1.82, 2.24) is 0 Å². The third kappa shape index (κ3) is 80.8. The Morgan fingerprint density at radius 1 is 0.316 bits per heavy atom. The van der Waals surface area contributed by atoms with Gasteiger partial charge in [-0.05, 0) is 77.0 Å². The lowest BCUT2D eigenvalue weighted by Crippen LogP contribution is -2.29. The van der Waals surface area contributed by atoms with Gasteiger partial charge in [-0.3, -0.25) is 18.6 Å². The highest BCUT2D eigenvalue weighted by molar-refractivity contribution is 7.47. The van der Waals surface area contributed by atoms with E-state index in [0.29, 0.717) is 6.42 Å². The summed E-state index contributed by atoms with van der Waals surface area (Å²) in [5.41, 5.74) is 5.42. The minimum atomic E-state index is -4.39. The first-order chi connectivity index (χ1) is 46.8. The van der Waals surface area contributed by atoms with Crippen LogP contribution in [0.25, 0.3) is 0 Å². The molecule has 0 aromatic carbocycles. The summed E-state index contributed by atoms with van der Waals surface area (Å²) in [7, 11) is -4.39. The van der Waals surface area contributed by atoms with Crippen LogP contribution >= 0.6 is 7.82 Å². The number of carbonyl (C=O) groups excluding carboxylic acids is 2. The third-order valence-corrected chi connectivity index (χ3v) is 20.2. The summed E-state index contributed by atoms with van der Waals surface area (Å²) in [4.78, 5) is 35.5. The van der Waals surface area contributed by atoms with Crippen molar-refractivity contribution >= 4 is 19.8 Å². The van der Waals surface area contributed by atoms with E-state index in [2.05, 4.69) is 62.5 Å². The molecule has 0 saturated carbocycles. The standard InChI is InChI=1S/C85H162NO8P/c1-3-5-7-9-11-13-15-17-19-21-23-25-27-29-31-33-35-37-39-40-41-42-44-46-48-50-52-54-56-58-60-62-64-66-68-70-72-74-76-78-85(88)94-83(82-93-95(89,90)92-80-79-86)81-91-84(87)77-75-73-71-69-67-65-63-61-59-57-55-53-51-49-47-45-43-38-36-34-32-30-28-26-24-22-20-18-16-14-12-10-8-6-4-2/h15,17,21-24,27,29,83H,3-14,16,18-20,25-26,28,30-82,86H2,1-2H3,(H,89,90)/b17-15-,23-21-,24-22-,29-27-. The molecule has 0 spiro atoms. The zero-order valence-electron chi connectivity index (χ0n) is 63.4. The Kier molecular flexibility index (Phi) is 79.2. The first kappa shape index (κ1) is 93.0. The molecule has 0 bridgehead atoms. The number of phosphoric ester groups is 1. The van der Waals surface area contributed by atoms with Crippen molar-refractivity contribution in [1.29, 1.82) is 0 Å². The Morgan fingerprint density at radius 3 is 0.821 bits per heavy atom. The summed E-state index contributed by atoms with van der Waals surface area (Å²) >= 11 is 0. The lowest BCUT2D eigenvalue weighted by molar-refractivity contribution is -0.161. The first-order valence-electron chi connectivity index (χ1n) is 42.1. The molecule has 0 rings (SSSR count).